The lowest BCUT2D eigenvalue weighted by molar-refractivity contribution is 0.477. The average Bonchev–Trinajstić information content (AvgIpc) is 3.35. The molecule has 0 saturated carbocycles. The molecule has 4 rings (SSSR count). The monoisotopic (exact) mass is 456 g/mol. The number of sulfonamides is 2. The zero-order valence-corrected chi connectivity index (χ0v) is 18.5. The number of benzene rings is 3. The molecule has 0 spiro atoms. The summed E-state index contributed by atoms with van der Waals surface area (Å²) in [5.74, 6) is 0. The van der Waals surface area contributed by atoms with Crippen molar-refractivity contribution in [3.63, 3.8) is 0 Å². The van der Waals surface area contributed by atoms with Gasteiger partial charge in [0.2, 0.25) is 20.0 Å². The van der Waals surface area contributed by atoms with Crippen molar-refractivity contribution in [2.45, 2.75) is 28.7 Å². The molecule has 3 aromatic carbocycles. The van der Waals surface area contributed by atoms with Gasteiger partial charge in [-0.05, 0) is 48.2 Å². The molecule has 1 saturated heterocycles. The molecule has 8 heteroatoms. The van der Waals surface area contributed by atoms with E-state index in [0.717, 1.165) is 24.0 Å². The molecule has 6 nitrogen and oxygen atoms in total. The third-order valence-electron chi connectivity index (χ3n) is 5.38. The Morgan fingerprint density at radius 2 is 1.10 bits per heavy atom. The van der Waals surface area contributed by atoms with Gasteiger partial charge in [-0.3, -0.25) is 0 Å². The van der Waals surface area contributed by atoms with Gasteiger partial charge >= 0.3 is 0 Å². The van der Waals surface area contributed by atoms with E-state index in [1.807, 2.05) is 60.7 Å². The Kier molecular flexibility index (Phi) is 6.24. The maximum absolute atomic E-state index is 13.1. The number of hydrogen-bond acceptors (Lipinski definition) is 4. The molecule has 0 aliphatic carbocycles. The molecule has 1 aliphatic rings. The summed E-state index contributed by atoms with van der Waals surface area (Å²) in [6, 6.07) is 23.5. The third kappa shape index (κ3) is 4.72. The molecular weight excluding hydrogens is 432 g/mol. The van der Waals surface area contributed by atoms with E-state index in [0.29, 0.717) is 13.1 Å². The predicted molar refractivity (Wildman–Crippen MR) is 119 cm³/mol. The summed E-state index contributed by atoms with van der Waals surface area (Å²) in [4.78, 5) is 0.126. The maximum atomic E-state index is 13.1. The predicted octanol–water partition coefficient (Wildman–Crippen LogP) is 3.54. The van der Waals surface area contributed by atoms with E-state index in [1.165, 1.54) is 28.6 Å². The maximum Gasteiger partial charge on any atom is 0.243 e. The zero-order chi connectivity index (χ0) is 21.9. The molecule has 162 valence electrons. The van der Waals surface area contributed by atoms with Crippen LogP contribution in [0.4, 0.5) is 0 Å². The van der Waals surface area contributed by atoms with Crippen LogP contribution >= 0.6 is 0 Å². The number of rotatable bonds is 7. The Labute approximate surface area is 183 Å². The minimum atomic E-state index is -3.90. The first-order valence-electron chi connectivity index (χ1n) is 10.1. The van der Waals surface area contributed by atoms with Crippen LogP contribution < -0.4 is 4.72 Å². The van der Waals surface area contributed by atoms with Crippen molar-refractivity contribution in [1.29, 1.82) is 0 Å². The van der Waals surface area contributed by atoms with Crippen molar-refractivity contribution in [3.8, 4) is 0 Å². The van der Waals surface area contributed by atoms with Crippen molar-refractivity contribution >= 4 is 20.0 Å². The summed E-state index contributed by atoms with van der Waals surface area (Å²) in [6.07, 6.45) is 1.69. The van der Waals surface area contributed by atoms with E-state index in [1.54, 1.807) is 0 Å². The summed E-state index contributed by atoms with van der Waals surface area (Å²) < 4.78 is 55.9. The Morgan fingerprint density at radius 3 is 1.58 bits per heavy atom. The Hall–Kier alpha value is -2.52. The van der Waals surface area contributed by atoms with Gasteiger partial charge in [0.1, 0.15) is 0 Å². The highest BCUT2D eigenvalue weighted by molar-refractivity contribution is 7.89. The molecule has 0 amide bonds. The average molecular weight is 457 g/mol. The molecule has 31 heavy (non-hydrogen) atoms. The van der Waals surface area contributed by atoms with Crippen LogP contribution in [-0.4, -0.2) is 34.2 Å². The van der Waals surface area contributed by atoms with Crippen LogP contribution in [0, 0.1) is 0 Å². The SMILES string of the molecule is O=S(=O)(NC(c1ccccc1)c1ccccc1)c1ccc(S(=O)(=O)N2CCCC2)cc1. The molecule has 1 aliphatic heterocycles. The van der Waals surface area contributed by atoms with E-state index < -0.39 is 26.1 Å². The second kappa shape index (κ2) is 8.92. The molecule has 0 atom stereocenters. The van der Waals surface area contributed by atoms with Gasteiger partial charge in [0.05, 0.1) is 15.8 Å². The van der Waals surface area contributed by atoms with Gasteiger partial charge < -0.3 is 0 Å². The van der Waals surface area contributed by atoms with Gasteiger partial charge in [0, 0.05) is 13.1 Å². The molecule has 0 unspecified atom stereocenters. The topological polar surface area (TPSA) is 83.5 Å². The van der Waals surface area contributed by atoms with Crippen molar-refractivity contribution in [1.82, 2.24) is 9.03 Å². The highest BCUT2D eigenvalue weighted by Crippen LogP contribution is 2.26. The van der Waals surface area contributed by atoms with Crippen molar-refractivity contribution in [2.24, 2.45) is 0 Å². The molecule has 3 aromatic rings. The number of hydrogen-bond donors (Lipinski definition) is 1. The summed E-state index contributed by atoms with van der Waals surface area (Å²) in [7, 11) is -7.49. The van der Waals surface area contributed by atoms with Gasteiger partial charge in [0.25, 0.3) is 0 Å². The Morgan fingerprint density at radius 1 is 0.645 bits per heavy atom. The van der Waals surface area contributed by atoms with Crippen LogP contribution in [-0.2, 0) is 20.0 Å². The molecule has 1 N–H and O–H groups in total. The van der Waals surface area contributed by atoms with E-state index in [9.17, 15) is 16.8 Å². The lowest BCUT2D eigenvalue weighted by Crippen LogP contribution is -2.30. The summed E-state index contributed by atoms with van der Waals surface area (Å²) >= 11 is 0. The number of nitrogens with one attached hydrogen (secondary N) is 1. The molecular formula is C23H24N2O4S2. The van der Waals surface area contributed by atoms with Crippen LogP contribution in [0.5, 0.6) is 0 Å². The lowest BCUT2D eigenvalue weighted by Gasteiger charge is -2.20. The molecule has 0 aromatic heterocycles. The highest BCUT2D eigenvalue weighted by Gasteiger charge is 2.28. The minimum absolute atomic E-state index is 0.0183. The first-order valence-corrected chi connectivity index (χ1v) is 13.0. The van der Waals surface area contributed by atoms with E-state index in [2.05, 4.69) is 4.72 Å². The first-order chi connectivity index (χ1) is 14.9. The fourth-order valence-electron chi connectivity index (χ4n) is 3.71. The quantitative estimate of drug-likeness (QED) is 0.589. The van der Waals surface area contributed by atoms with E-state index in [-0.39, 0.29) is 9.79 Å². The smallest absolute Gasteiger partial charge is 0.207 e. The Balaban J connectivity index is 1.62. The molecule has 1 heterocycles. The minimum Gasteiger partial charge on any atom is -0.207 e. The Bertz CT molecular complexity index is 1180. The van der Waals surface area contributed by atoms with Gasteiger partial charge in [-0.25, -0.2) is 16.8 Å². The van der Waals surface area contributed by atoms with E-state index >= 15 is 0 Å². The lowest BCUT2D eigenvalue weighted by atomic mass is 10.00. The summed E-state index contributed by atoms with van der Waals surface area (Å²) in [6.45, 7) is 1.000. The van der Waals surface area contributed by atoms with Crippen LogP contribution in [0.25, 0.3) is 0 Å². The van der Waals surface area contributed by atoms with Crippen molar-refractivity contribution < 1.29 is 16.8 Å². The van der Waals surface area contributed by atoms with Crippen LogP contribution in [0.2, 0.25) is 0 Å². The van der Waals surface area contributed by atoms with E-state index in [4.69, 9.17) is 0 Å². The highest BCUT2D eigenvalue weighted by atomic mass is 32.2. The largest absolute Gasteiger partial charge is 0.243 e. The second-order valence-corrected chi connectivity index (χ2v) is 11.1. The zero-order valence-electron chi connectivity index (χ0n) is 16.9. The van der Waals surface area contributed by atoms with Crippen molar-refractivity contribution in [2.75, 3.05) is 13.1 Å². The normalized spacial score (nSPS) is 15.4. The first kappa shape index (κ1) is 21.7. The van der Waals surface area contributed by atoms with Gasteiger partial charge in [-0.1, -0.05) is 60.7 Å². The van der Waals surface area contributed by atoms with Crippen LogP contribution in [0.15, 0.2) is 94.7 Å². The van der Waals surface area contributed by atoms with Crippen LogP contribution in [0.3, 0.4) is 0 Å². The third-order valence-corrected chi connectivity index (χ3v) is 8.73. The fourth-order valence-corrected chi connectivity index (χ4v) is 6.44. The standard InChI is InChI=1S/C23H24N2O4S2/c26-30(27,21-13-15-22(16-14-21)31(28,29)25-17-7-8-18-25)24-23(19-9-3-1-4-10-19)20-11-5-2-6-12-20/h1-6,9-16,23-24H,7-8,17-18H2. The van der Waals surface area contributed by atoms with Gasteiger partial charge in [-0.2, -0.15) is 9.03 Å². The summed E-state index contributed by atoms with van der Waals surface area (Å²) in [5, 5.41) is 0. The number of nitrogens with zero attached hydrogens (tertiary/aromatic N) is 1. The molecule has 0 radical (unpaired) electrons. The molecule has 0 bridgehead atoms. The molecule has 1 fully saturated rings. The van der Waals surface area contributed by atoms with Gasteiger partial charge in [0.15, 0.2) is 0 Å². The fraction of sp³-hybridized carbons (Fsp3) is 0.217. The van der Waals surface area contributed by atoms with Crippen molar-refractivity contribution in [3.05, 3.63) is 96.1 Å². The van der Waals surface area contributed by atoms with Gasteiger partial charge in [-0.15, -0.1) is 0 Å². The second-order valence-electron chi connectivity index (χ2n) is 7.46. The van der Waals surface area contributed by atoms with Crippen LogP contribution in [0.1, 0.15) is 30.0 Å². The summed E-state index contributed by atoms with van der Waals surface area (Å²) in [5.41, 5.74) is 1.62.